The average molecular weight is 277 g/mol. The van der Waals surface area contributed by atoms with E-state index in [-0.39, 0.29) is 28.9 Å². The summed E-state index contributed by atoms with van der Waals surface area (Å²) in [4.78, 5) is 24.9. The number of nitro benzene ring substituents is 1. The maximum atomic E-state index is 12.6. The van der Waals surface area contributed by atoms with Crippen LogP contribution in [-0.2, 0) is 0 Å². The molecule has 0 aromatic heterocycles. The first-order chi connectivity index (χ1) is 9.41. The number of carbonyl (C=O) groups is 1. The predicted molar refractivity (Wildman–Crippen MR) is 76.4 cm³/mol. The van der Waals surface area contributed by atoms with Gasteiger partial charge in [0.2, 0.25) is 0 Å². The first kappa shape index (κ1) is 14.3. The Balaban J connectivity index is 2.38. The molecule has 0 radical (unpaired) electrons. The zero-order valence-corrected chi connectivity index (χ0v) is 11.7. The minimum absolute atomic E-state index is 0.0264. The second-order valence-corrected chi connectivity index (χ2v) is 5.49. The fourth-order valence-electron chi connectivity index (χ4n) is 2.66. The number of hydrogen-bond acceptors (Lipinski definition) is 4. The lowest BCUT2D eigenvalue weighted by Gasteiger charge is -2.36. The van der Waals surface area contributed by atoms with Gasteiger partial charge in [-0.3, -0.25) is 14.9 Å². The molecule has 0 spiro atoms. The number of likely N-dealkylation sites (tertiary alicyclic amines) is 1. The molecule has 2 atom stereocenters. The van der Waals surface area contributed by atoms with Gasteiger partial charge in [0, 0.05) is 12.6 Å². The highest BCUT2D eigenvalue weighted by Crippen LogP contribution is 2.30. The van der Waals surface area contributed by atoms with E-state index < -0.39 is 4.92 Å². The number of nitro groups is 1. The first-order valence-electron chi connectivity index (χ1n) is 6.75. The highest BCUT2D eigenvalue weighted by Gasteiger charge is 2.32. The molecule has 0 bridgehead atoms. The average Bonchev–Trinajstić information content (AvgIpc) is 2.40. The lowest BCUT2D eigenvalue weighted by molar-refractivity contribution is -0.384. The van der Waals surface area contributed by atoms with Crippen LogP contribution >= 0.6 is 0 Å². The molecule has 2 unspecified atom stereocenters. The van der Waals surface area contributed by atoms with Crippen LogP contribution in [0.1, 0.15) is 37.0 Å². The van der Waals surface area contributed by atoms with Crippen molar-refractivity contribution >= 4 is 17.3 Å². The van der Waals surface area contributed by atoms with Crippen LogP contribution in [0.15, 0.2) is 18.2 Å². The third-order valence-corrected chi connectivity index (χ3v) is 3.86. The number of carbonyl (C=O) groups excluding carboxylic acids is 1. The summed E-state index contributed by atoms with van der Waals surface area (Å²) in [6, 6.07) is 4.59. The molecule has 0 saturated carbocycles. The molecule has 2 N–H and O–H groups in total. The molecule has 108 valence electrons. The molecule has 2 rings (SSSR count). The van der Waals surface area contributed by atoms with Gasteiger partial charge in [-0.25, -0.2) is 0 Å². The predicted octanol–water partition coefficient (Wildman–Crippen LogP) is 2.44. The monoisotopic (exact) mass is 277 g/mol. The molecule has 20 heavy (non-hydrogen) atoms. The molecule has 6 heteroatoms. The Labute approximate surface area is 117 Å². The summed E-state index contributed by atoms with van der Waals surface area (Å²) in [6.07, 6.45) is 1.99. The van der Waals surface area contributed by atoms with Gasteiger partial charge in [-0.1, -0.05) is 13.0 Å². The number of nitrogen functional groups attached to an aromatic ring is 1. The van der Waals surface area contributed by atoms with Crippen LogP contribution in [0.5, 0.6) is 0 Å². The summed E-state index contributed by atoms with van der Waals surface area (Å²) >= 11 is 0. The van der Waals surface area contributed by atoms with Crippen LogP contribution in [0.4, 0.5) is 11.4 Å². The number of nitrogens with zero attached hydrogens (tertiary/aromatic N) is 2. The summed E-state index contributed by atoms with van der Waals surface area (Å²) in [7, 11) is 0. The minimum Gasteiger partial charge on any atom is -0.393 e. The van der Waals surface area contributed by atoms with E-state index in [1.807, 2.05) is 6.92 Å². The van der Waals surface area contributed by atoms with Gasteiger partial charge < -0.3 is 10.6 Å². The smallest absolute Gasteiger partial charge is 0.304 e. The maximum absolute atomic E-state index is 12.6. The van der Waals surface area contributed by atoms with Crippen molar-refractivity contribution < 1.29 is 9.72 Å². The molecule has 1 heterocycles. The molecule has 1 aliphatic rings. The van der Waals surface area contributed by atoms with E-state index in [0.29, 0.717) is 12.5 Å². The van der Waals surface area contributed by atoms with Gasteiger partial charge in [0.05, 0.1) is 4.92 Å². The van der Waals surface area contributed by atoms with Crippen molar-refractivity contribution in [3.8, 4) is 0 Å². The van der Waals surface area contributed by atoms with Crippen LogP contribution in [0.2, 0.25) is 0 Å². The molecule has 0 aliphatic carbocycles. The van der Waals surface area contributed by atoms with Crippen LogP contribution in [0, 0.1) is 16.0 Å². The van der Waals surface area contributed by atoms with E-state index in [0.717, 1.165) is 12.8 Å². The van der Waals surface area contributed by atoms with Crippen molar-refractivity contribution in [1.82, 2.24) is 4.90 Å². The molecule has 1 aliphatic heterocycles. The largest absolute Gasteiger partial charge is 0.393 e. The number of anilines is 1. The number of piperidine rings is 1. The van der Waals surface area contributed by atoms with Crippen LogP contribution in [0.3, 0.4) is 0 Å². The van der Waals surface area contributed by atoms with E-state index in [1.54, 1.807) is 11.0 Å². The Morgan fingerprint density at radius 1 is 1.40 bits per heavy atom. The van der Waals surface area contributed by atoms with Gasteiger partial charge in [-0.2, -0.15) is 0 Å². The highest BCUT2D eigenvalue weighted by atomic mass is 16.6. The van der Waals surface area contributed by atoms with Gasteiger partial charge in [0.25, 0.3) is 5.91 Å². The van der Waals surface area contributed by atoms with Crippen molar-refractivity contribution in [2.45, 2.75) is 32.7 Å². The number of hydrogen-bond donors (Lipinski definition) is 1. The Kier molecular flexibility index (Phi) is 3.92. The summed E-state index contributed by atoms with van der Waals surface area (Å²) in [5.74, 6) is 0.110. The summed E-state index contributed by atoms with van der Waals surface area (Å²) in [6.45, 7) is 4.69. The topological polar surface area (TPSA) is 89.5 Å². The van der Waals surface area contributed by atoms with Crippen molar-refractivity contribution in [3.63, 3.8) is 0 Å². The van der Waals surface area contributed by atoms with E-state index in [9.17, 15) is 14.9 Å². The van der Waals surface area contributed by atoms with Crippen molar-refractivity contribution in [2.24, 2.45) is 5.92 Å². The zero-order valence-electron chi connectivity index (χ0n) is 11.7. The third kappa shape index (κ3) is 2.59. The first-order valence-corrected chi connectivity index (χ1v) is 6.75. The zero-order chi connectivity index (χ0) is 14.9. The Morgan fingerprint density at radius 2 is 2.10 bits per heavy atom. The molecule has 1 aromatic carbocycles. The number of para-hydroxylation sites is 1. The minimum atomic E-state index is -0.583. The summed E-state index contributed by atoms with van der Waals surface area (Å²) < 4.78 is 0. The Bertz CT molecular complexity index is 544. The van der Waals surface area contributed by atoms with E-state index in [2.05, 4.69) is 6.92 Å². The quantitative estimate of drug-likeness (QED) is 0.510. The number of rotatable bonds is 2. The van der Waals surface area contributed by atoms with Crippen molar-refractivity contribution in [3.05, 3.63) is 33.9 Å². The van der Waals surface area contributed by atoms with Crippen LogP contribution in [0.25, 0.3) is 0 Å². The normalized spacial score (nSPS) is 22.6. The van der Waals surface area contributed by atoms with Gasteiger partial charge in [-0.15, -0.1) is 0 Å². The fourth-order valence-corrected chi connectivity index (χ4v) is 2.66. The van der Waals surface area contributed by atoms with Crippen molar-refractivity contribution in [2.75, 3.05) is 12.3 Å². The maximum Gasteiger partial charge on any atom is 0.304 e. The van der Waals surface area contributed by atoms with E-state index >= 15 is 0 Å². The highest BCUT2D eigenvalue weighted by molar-refractivity contribution is 6.00. The van der Waals surface area contributed by atoms with Gasteiger partial charge in [0.1, 0.15) is 11.3 Å². The van der Waals surface area contributed by atoms with Gasteiger partial charge in [-0.05, 0) is 37.8 Å². The number of nitrogens with two attached hydrogens (primary N) is 1. The lowest BCUT2D eigenvalue weighted by Crippen LogP contribution is -2.45. The molecular weight excluding hydrogens is 258 g/mol. The van der Waals surface area contributed by atoms with Gasteiger partial charge in [0.15, 0.2) is 0 Å². The third-order valence-electron chi connectivity index (χ3n) is 3.86. The Morgan fingerprint density at radius 3 is 2.75 bits per heavy atom. The number of benzene rings is 1. The second-order valence-electron chi connectivity index (χ2n) is 5.49. The standard InChI is InChI=1S/C14H19N3O3/c1-9-6-7-10(2)16(8-9)14(18)11-4-3-5-12(15)13(11)17(19)20/h3-5,9-10H,6-8,15H2,1-2H3. The molecule has 1 amide bonds. The van der Waals surface area contributed by atoms with E-state index in [1.165, 1.54) is 12.1 Å². The van der Waals surface area contributed by atoms with E-state index in [4.69, 9.17) is 5.73 Å². The number of amides is 1. The fraction of sp³-hybridized carbons (Fsp3) is 0.500. The summed E-state index contributed by atoms with van der Waals surface area (Å²) in [5, 5.41) is 11.1. The van der Waals surface area contributed by atoms with Crippen molar-refractivity contribution in [1.29, 1.82) is 0 Å². The molecular formula is C14H19N3O3. The molecule has 1 saturated heterocycles. The molecule has 1 fully saturated rings. The van der Waals surface area contributed by atoms with Gasteiger partial charge >= 0.3 is 5.69 Å². The lowest BCUT2D eigenvalue weighted by atomic mass is 9.94. The van der Waals surface area contributed by atoms with Crippen LogP contribution < -0.4 is 5.73 Å². The summed E-state index contributed by atoms with van der Waals surface area (Å²) in [5.41, 5.74) is 5.46. The molecule has 1 aromatic rings. The van der Waals surface area contributed by atoms with Crippen LogP contribution in [-0.4, -0.2) is 28.3 Å². The second kappa shape index (κ2) is 5.48. The molecule has 6 nitrogen and oxygen atoms in total. The Hall–Kier alpha value is -2.11. The SMILES string of the molecule is CC1CCC(C)N(C(=O)c2cccc(N)c2[N+](=O)[O-])C1.